The zero-order valence-electron chi connectivity index (χ0n) is 14.6. The van der Waals surface area contributed by atoms with Gasteiger partial charge in [0.15, 0.2) is 0 Å². The number of nitrogens with zero attached hydrogens (tertiary/aromatic N) is 2. The van der Waals surface area contributed by atoms with E-state index >= 15 is 0 Å². The van der Waals surface area contributed by atoms with Crippen molar-refractivity contribution in [3.8, 4) is 11.3 Å². The SMILES string of the molecule is CNC(=O)CCCCCCc1ncc(-c2ccc3ncccc3c2)[nH]1. The second-order valence-corrected chi connectivity index (χ2v) is 6.24. The summed E-state index contributed by atoms with van der Waals surface area (Å²) in [5, 5.41) is 3.78. The zero-order valence-corrected chi connectivity index (χ0v) is 14.6. The molecular formula is C20H24N4O. The third-order valence-corrected chi connectivity index (χ3v) is 4.39. The van der Waals surface area contributed by atoms with Gasteiger partial charge in [-0.05, 0) is 31.0 Å². The van der Waals surface area contributed by atoms with Crippen molar-refractivity contribution in [3.63, 3.8) is 0 Å². The fourth-order valence-corrected chi connectivity index (χ4v) is 2.94. The lowest BCUT2D eigenvalue weighted by Gasteiger charge is -2.02. The minimum atomic E-state index is 0.126. The van der Waals surface area contributed by atoms with Crippen molar-refractivity contribution < 1.29 is 4.79 Å². The number of H-pyrrole nitrogens is 1. The van der Waals surface area contributed by atoms with Crippen LogP contribution in [-0.4, -0.2) is 27.9 Å². The maximum Gasteiger partial charge on any atom is 0.219 e. The van der Waals surface area contributed by atoms with E-state index in [1.807, 2.05) is 24.5 Å². The summed E-state index contributed by atoms with van der Waals surface area (Å²) < 4.78 is 0. The molecule has 0 aliphatic heterocycles. The summed E-state index contributed by atoms with van der Waals surface area (Å²) in [7, 11) is 1.68. The molecular weight excluding hydrogens is 312 g/mol. The highest BCUT2D eigenvalue weighted by Gasteiger charge is 2.05. The van der Waals surface area contributed by atoms with Crippen molar-refractivity contribution in [1.29, 1.82) is 0 Å². The molecule has 0 unspecified atom stereocenters. The number of pyridine rings is 1. The lowest BCUT2D eigenvalue weighted by molar-refractivity contribution is -0.120. The first-order valence-corrected chi connectivity index (χ1v) is 8.86. The minimum absolute atomic E-state index is 0.126. The van der Waals surface area contributed by atoms with E-state index in [1.54, 1.807) is 7.05 Å². The Bertz CT molecular complexity index is 840. The Labute approximate surface area is 147 Å². The molecule has 0 saturated heterocycles. The average molecular weight is 336 g/mol. The molecule has 0 atom stereocenters. The molecule has 0 bridgehead atoms. The number of carbonyl (C=O) groups excluding carboxylic acids is 1. The van der Waals surface area contributed by atoms with Gasteiger partial charge in [0, 0.05) is 37.0 Å². The topological polar surface area (TPSA) is 70.7 Å². The molecule has 0 aliphatic rings. The summed E-state index contributed by atoms with van der Waals surface area (Å²) in [5.74, 6) is 1.15. The van der Waals surface area contributed by atoms with Crippen molar-refractivity contribution >= 4 is 16.8 Å². The van der Waals surface area contributed by atoms with Crippen LogP contribution in [0.2, 0.25) is 0 Å². The van der Waals surface area contributed by atoms with Crippen molar-refractivity contribution in [2.45, 2.75) is 38.5 Å². The van der Waals surface area contributed by atoms with E-state index in [0.29, 0.717) is 6.42 Å². The van der Waals surface area contributed by atoms with Gasteiger partial charge < -0.3 is 10.3 Å². The van der Waals surface area contributed by atoms with Crippen molar-refractivity contribution in [2.75, 3.05) is 7.05 Å². The quantitative estimate of drug-likeness (QED) is 0.614. The number of rotatable bonds is 8. The number of nitrogens with one attached hydrogen (secondary N) is 2. The van der Waals surface area contributed by atoms with Gasteiger partial charge in [-0.2, -0.15) is 0 Å². The summed E-state index contributed by atoms with van der Waals surface area (Å²) in [4.78, 5) is 23.4. The first kappa shape index (κ1) is 17.1. The highest BCUT2D eigenvalue weighted by Crippen LogP contribution is 2.22. The van der Waals surface area contributed by atoms with Crippen LogP contribution in [0.3, 0.4) is 0 Å². The van der Waals surface area contributed by atoms with Gasteiger partial charge >= 0.3 is 0 Å². The Morgan fingerprint density at radius 3 is 2.88 bits per heavy atom. The molecule has 5 nitrogen and oxygen atoms in total. The molecule has 1 aromatic carbocycles. The van der Waals surface area contributed by atoms with E-state index in [9.17, 15) is 4.79 Å². The molecule has 2 heterocycles. The van der Waals surface area contributed by atoms with E-state index in [-0.39, 0.29) is 5.91 Å². The molecule has 0 fully saturated rings. The number of aromatic amines is 1. The first-order chi connectivity index (χ1) is 12.3. The number of carbonyl (C=O) groups is 1. The van der Waals surface area contributed by atoms with Crippen LogP contribution in [0.25, 0.3) is 22.2 Å². The number of benzene rings is 1. The molecule has 0 spiro atoms. The van der Waals surface area contributed by atoms with Gasteiger partial charge in [-0.1, -0.05) is 25.0 Å². The van der Waals surface area contributed by atoms with E-state index < -0.39 is 0 Å². The van der Waals surface area contributed by atoms with Gasteiger partial charge in [0.05, 0.1) is 17.4 Å². The largest absolute Gasteiger partial charge is 0.359 e. The number of aromatic nitrogens is 3. The van der Waals surface area contributed by atoms with Gasteiger partial charge in [-0.15, -0.1) is 0 Å². The summed E-state index contributed by atoms with van der Waals surface area (Å²) >= 11 is 0. The summed E-state index contributed by atoms with van der Waals surface area (Å²) in [5.41, 5.74) is 3.17. The summed E-state index contributed by atoms with van der Waals surface area (Å²) in [6, 6.07) is 10.3. The molecule has 3 aromatic rings. The Morgan fingerprint density at radius 1 is 1.12 bits per heavy atom. The molecule has 2 aromatic heterocycles. The molecule has 0 saturated carbocycles. The lowest BCUT2D eigenvalue weighted by atomic mass is 10.1. The first-order valence-electron chi connectivity index (χ1n) is 8.86. The highest BCUT2D eigenvalue weighted by atomic mass is 16.1. The maximum atomic E-state index is 11.2. The zero-order chi connectivity index (χ0) is 17.5. The van der Waals surface area contributed by atoms with Crippen LogP contribution in [-0.2, 0) is 11.2 Å². The summed E-state index contributed by atoms with van der Waals surface area (Å²) in [6.45, 7) is 0. The Morgan fingerprint density at radius 2 is 2.00 bits per heavy atom. The minimum Gasteiger partial charge on any atom is -0.359 e. The van der Waals surface area contributed by atoms with Gasteiger partial charge in [-0.3, -0.25) is 9.78 Å². The van der Waals surface area contributed by atoms with E-state index in [1.165, 1.54) is 0 Å². The molecule has 25 heavy (non-hydrogen) atoms. The van der Waals surface area contributed by atoms with Crippen LogP contribution in [0.4, 0.5) is 0 Å². The lowest BCUT2D eigenvalue weighted by Crippen LogP contribution is -2.16. The predicted octanol–water partition coefficient (Wildman–Crippen LogP) is 3.86. The second kappa shape index (κ2) is 8.42. The van der Waals surface area contributed by atoms with Crippen LogP contribution < -0.4 is 5.32 Å². The van der Waals surface area contributed by atoms with E-state index in [4.69, 9.17) is 0 Å². The third-order valence-electron chi connectivity index (χ3n) is 4.39. The number of fused-ring (bicyclic) bond motifs is 1. The van der Waals surface area contributed by atoms with Crippen LogP contribution in [0.15, 0.2) is 42.7 Å². The van der Waals surface area contributed by atoms with Crippen LogP contribution in [0.1, 0.15) is 37.9 Å². The van der Waals surface area contributed by atoms with Gasteiger partial charge in [0.1, 0.15) is 5.82 Å². The molecule has 3 rings (SSSR count). The van der Waals surface area contributed by atoms with Crippen molar-refractivity contribution in [2.24, 2.45) is 0 Å². The highest BCUT2D eigenvalue weighted by molar-refractivity contribution is 5.83. The van der Waals surface area contributed by atoms with Gasteiger partial charge in [0.2, 0.25) is 5.91 Å². The fraction of sp³-hybridized carbons (Fsp3) is 0.350. The number of unbranched alkanes of at least 4 members (excludes halogenated alkanes) is 3. The van der Waals surface area contributed by atoms with Crippen LogP contribution in [0.5, 0.6) is 0 Å². The van der Waals surface area contributed by atoms with Gasteiger partial charge in [0.25, 0.3) is 0 Å². The molecule has 130 valence electrons. The van der Waals surface area contributed by atoms with E-state index in [2.05, 4.69) is 38.5 Å². The summed E-state index contributed by atoms with van der Waals surface area (Å²) in [6.07, 6.45) is 9.51. The van der Waals surface area contributed by atoms with Gasteiger partial charge in [-0.25, -0.2) is 4.98 Å². The number of hydrogen-bond donors (Lipinski definition) is 2. The van der Waals surface area contributed by atoms with Crippen molar-refractivity contribution in [1.82, 2.24) is 20.3 Å². The van der Waals surface area contributed by atoms with Crippen LogP contribution >= 0.6 is 0 Å². The predicted molar refractivity (Wildman–Crippen MR) is 100 cm³/mol. The smallest absolute Gasteiger partial charge is 0.219 e. The molecule has 0 radical (unpaired) electrons. The maximum absolute atomic E-state index is 11.2. The number of amides is 1. The second-order valence-electron chi connectivity index (χ2n) is 6.24. The fourth-order valence-electron chi connectivity index (χ4n) is 2.94. The van der Waals surface area contributed by atoms with E-state index in [0.717, 1.165) is 60.1 Å². The standard InChI is InChI=1S/C20H24N4O/c1-21-20(25)9-5-3-2-4-8-19-23-14-18(24-19)16-10-11-17-15(13-16)7-6-12-22-17/h6-7,10-14H,2-5,8-9H2,1H3,(H,21,25)(H,23,24). The molecule has 0 aliphatic carbocycles. The normalized spacial score (nSPS) is 10.9. The Hall–Kier alpha value is -2.69. The molecule has 5 heteroatoms. The number of aryl methyl sites for hydroxylation is 1. The van der Waals surface area contributed by atoms with Crippen molar-refractivity contribution in [3.05, 3.63) is 48.5 Å². The molecule has 2 N–H and O–H groups in total. The number of imidazole rings is 1. The third kappa shape index (κ3) is 4.66. The Kier molecular flexibility index (Phi) is 5.77. The molecule has 1 amide bonds. The monoisotopic (exact) mass is 336 g/mol. The number of hydrogen-bond acceptors (Lipinski definition) is 3. The Balaban J connectivity index is 1.51. The average Bonchev–Trinajstić information content (AvgIpc) is 3.12. The van der Waals surface area contributed by atoms with Crippen LogP contribution in [0, 0.1) is 0 Å².